The summed E-state index contributed by atoms with van der Waals surface area (Å²) in [5.41, 5.74) is 3.92. The monoisotopic (exact) mass is 455 g/mol. The van der Waals surface area contributed by atoms with Crippen molar-refractivity contribution in [3.63, 3.8) is 0 Å². The highest BCUT2D eigenvalue weighted by molar-refractivity contribution is 5.93. The number of aliphatic hydroxyl groups is 2. The van der Waals surface area contributed by atoms with Crippen molar-refractivity contribution in [3.05, 3.63) is 22.8 Å². The van der Waals surface area contributed by atoms with Crippen molar-refractivity contribution in [1.29, 1.82) is 0 Å². The van der Waals surface area contributed by atoms with Gasteiger partial charge in [0, 0.05) is 24.5 Å². The van der Waals surface area contributed by atoms with E-state index in [1.54, 1.807) is 11.1 Å². The van der Waals surface area contributed by atoms with Gasteiger partial charge in [0.05, 0.1) is 5.60 Å². The van der Waals surface area contributed by atoms with Gasteiger partial charge >= 0.3 is 0 Å². The van der Waals surface area contributed by atoms with E-state index in [4.69, 9.17) is 0 Å². The maximum absolute atomic E-state index is 12.2. The molecule has 5 rings (SSSR count). The summed E-state index contributed by atoms with van der Waals surface area (Å²) in [7, 11) is 4.43. The van der Waals surface area contributed by atoms with Crippen molar-refractivity contribution >= 4 is 5.78 Å². The van der Waals surface area contributed by atoms with Gasteiger partial charge in [-0.05, 0) is 132 Å². The molecule has 3 saturated carbocycles. The third kappa shape index (κ3) is 3.89. The van der Waals surface area contributed by atoms with Crippen LogP contribution in [0.3, 0.4) is 0 Å². The second kappa shape index (κ2) is 8.91. The summed E-state index contributed by atoms with van der Waals surface area (Å²) in [6, 6.07) is 0.698. The minimum Gasteiger partial charge on any atom is -0.396 e. The average molecular weight is 456 g/mol. The van der Waals surface area contributed by atoms with E-state index >= 15 is 0 Å². The van der Waals surface area contributed by atoms with E-state index in [2.05, 4.69) is 25.9 Å². The van der Waals surface area contributed by atoms with Crippen LogP contribution in [0.5, 0.6) is 0 Å². The van der Waals surface area contributed by atoms with Crippen LogP contribution in [0.2, 0.25) is 0 Å². The van der Waals surface area contributed by atoms with Gasteiger partial charge in [-0.1, -0.05) is 12.5 Å². The third-order valence-electron chi connectivity index (χ3n) is 10.9. The van der Waals surface area contributed by atoms with Gasteiger partial charge < -0.3 is 15.1 Å². The van der Waals surface area contributed by atoms with Gasteiger partial charge in [-0.15, -0.1) is 0 Å². The smallest absolute Gasteiger partial charge is 0.156 e. The maximum atomic E-state index is 12.2. The fraction of sp³-hybridized carbons (Fsp3) is 0.828. The molecule has 0 spiro atoms. The molecule has 2 unspecified atom stereocenters. The Balaban J connectivity index is 1.53. The number of fused-ring (bicyclic) bond motifs is 4. The SMILES string of the molecule is CN(C)C1CCC([C@H]2C[C@]3(C)C(CC[C@]3(O)CCCO)C3CCC4=CC(=O)CCC4=C32)CC1. The largest absolute Gasteiger partial charge is 0.396 e. The highest BCUT2D eigenvalue weighted by atomic mass is 16.3. The predicted octanol–water partition coefficient (Wildman–Crippen LogP) is 5.04. The predicted molar refractivity (Wildman–Crippen MR) is 132 cm³/mol. The molecule has 4 heteroatoms. The quantitative estimate of drug-likeness (QED) is 0.609. The molecule has 0 amide bonds. The number of hydrogen-bond donors (Lipinski definition) is 2. The topological polar surface area (TPSA) is 60.8 Å². The van der Waals surface area contributed by atoms with Gasteiger partial charge in [0.15, 0.2) is 5.78 Å². The first-order chi connectivity index (χ1) is 15.8. The Morgan fingerprint density at radius 1 is 1.03 bits per heavy atom. The highest BCUT2D eigenvalue weighted by Crippen LogP contribution is 2.67. The van der Waals surface area contributed by atoms with Gasteiger partial charge in [0.2, 0.25) is 0 Å². The molecule has 5 aliphatic carbocycles. The summed E-state index contributed by atoms with van der Waals surface area (Å²) in [4.78, 5) is 14.6. The molecule has 0 aliphatic heterocycles. The Morgan fingerprint density at radius 3 is 2.48 bits per heavy atom. The molecule has 5 atom stereocenters. The third-order valence-corrected chi connectivity index (χ3v) is 10.9. The molecule has 5 aliphatic rings. The van der Waals surface area contributed by atoms with Crippen molar-refractivity contribution in [2.45, 2.75) is 102 Å². The van der Waals surface area contributed by atoms with Crippen LogP contribution in [0.15, 0.2) is 22.8 Å². The molecule has 2 N–H and O–H groups in total. The molecule has 0 aromatic carbocycles. The number of aliphatic hydroxyl groups excluding tert-OH is 1. The Kier molecular flexibility index (Phi) is 6.42. The van der Waals surface area contributed by atoms with Crippen molar-refractivity contribution in [2.24, 2.45) is 29.1 Å². The second-order valence-electron chi connectivity index (χ2n) is 12.5. The van der Waals surface area contributed by atoms with Crippen molar-refractivity contribution in [2.75, 3.05) is 20.7 Å². The Labute approximate surface area is 200 Å². The molecule has 4 nitrogen and oxygen atoms in total. The molecule has 3 fully saturated rings. The summed E-state index contributed by atoms with van der Waals surface area (Å²) in [6.45, 7) is 2.57. The number of nitrogens with zero attached hydrogens (tertiary/aromatic N) is 1. The van der Waals surface area contributed by atoms with E-state index in [9.17, 15) is 15.0 Å². The Hall–Kier alpha value is -0.970. The van der Waals surface area contributed by atoms with Crippen molar-refractivity contribution in [3.8, 4) is 0 Å². The van der Waals surface area contributed by atoms with Gasteiger partial charge in [-0.2, -0.15) is 0 Å². The van der Waals surface area contributed by atoms with Crippen LogP contribution in [0.25, 0.3) is 0 Å². The first kappa shape index (κ1) is 23.8. The van der Waals surface area contributed by atoms with Crippen molar-refractivity contribution < 1.29 is 15.0 Å². The van der Waals surface area contributed by atoms with Crippen LogP contribution < -0.4 is 0 Å². The van der Waals surface area contributed by atoms with Gasteiger partial charge in [0.25, 0.3) is 0 Å². The molecule has 0 radical (unpaired) electrons. The van der Waals surface area contributed by atoms with Crippen LogP contribution in [-0.2, 0) is 4.79 Å². The summed E-state index contributed by atoms with van der Waals surface area (Å²) in [5.74, 6) is 2.67. The lowest BCUT2D eigenvalue weighted by atomic mass is 9.49. The summed E-state index contributed by atoms with van der Waals surface area (Å²) in [5, 5.41) is 21.5. The summed E-state index contributed by atoms with van der Waals surface area (Å²) >= 11 is 0. The number of carbonyl (C=O) groups is 1. The number of allylic oxidation sites excluding steroid dienone is 4. The molecule has 0 heterocycles. The van der Waals surface area contributed by atoms with Crippen LogP contribution in [-0.4, -0.2) is 53.2 Å². The standard InChI is InChI=1S/C29H45NO3/c1-28-18-25(19-5-8-21(9-6-19)30(2)3)27-23-12-10-22(32)17-20(23)7-11-24(27)26(28)13-15-29(28,33)14-4-16-31/h17,19,21,24-26,31,33H,4-16,18H2,1-3H3/t19?,21?,24?,25-,26?,28-,29-/m1/s1. The second-order valence-corrected chi connectivity index (χ2v) is 12.5. The number of hydrogen-bond acceptors (Lipinski definition) is 4. The van der Waals surface area contributed by atoms with E-state index in [0.29, 0.717) is 48.3 Å². The Bertz CT molecular complexity index is 836. The molecular weight excluding hydrogens is 410 g/mol. The molecule has 0 aromatic rings. The van der Waals surface area contributed by atoms with E-state index in [1.165, 1.54) is 31.3 Å². The first-order valence-electron chi connectivity index (χ1n) is 13.7. The average Bonchev–Trinajstić information content (AvgIpc) is 3.07. The van der Waals surface area contributed by atoms with Crippen LogP contribution in [0.1, 0.15) is 90.4 Å². The van der Waals surface area contributed by atoms with Crippen LogP contribution in [0, 0.1) is 29.1 Å². The molecule has 0 saturated heterocycles. The molecule has 0 aromatic heterocycles. The minimum absolute atomic E-state index is 0.0638. The fourth-order valence-electron chi connectivity index (χ4n) is 9.04. The Morgan fingerprint density at radius 2 is 1.79 bits per heavy atom. The maximum Gasteiger partial charge on any atom is 0.156 e. The van der Waals surface area contributed by atoms with Gasteiger partial charge in [-0.3, -0.25) is 4.79 Å². The van der Waals surface area contributed by atoms with E-state index < -0.39 is 5.60 Å². The molecule has 0 bridgehead atoms. The van der Waals surface area contributed by atoms with E-state index in [1.807, 2.05) is 6.08 Å². The van der Waals surface area contributed by atoms with Gasteiger partial charge in [-0.25, -0.2) is 0 Å². The molecular formula is C29H45NO3. The normalized spacial score (nSPS) is 43.3. The zero-order valence-electron chi connectivity index (χ0n) is 21.1. The summed E-state index contributed by atoms with van der Waals surface area (Å²) in [6.07, 6.45) is 15.4. The van der Waals surface area contributed by atoms with E-state index in [0.717, 1.165) is 44.9 Å². The number of rotatable bonds is 5. The molecule has 33 heavy (non-hydrogen) atoms. The van der Waals surface area contributed by atoms with Crippen LogP contribution in [0.4, 0.5) is 0 Å². The lowest BCUT2D eigenvalue weighted by Gasteiger charge is -2.57. The number of ketones is 1. The zero-order valence-corrected chi connectivity index (χ0v) is 21.1. The first-order valence-corrected chi connectivity index (χ1v) is 13.7. The number of carbonyl (C=O) groups excluding carboxylic acids is 1. The fourth-order valence-corrected chi connectivity index (χ4v) is 9.04. The summed E-state index contributed by atoms with van der Waals surface area (Å²) < 4.78 is 0. The lowest BCUT2D eigenvalue weighted by molar-refractivity contribution is -0.115. The molecule has 184 valence electrons. The van der Waals surface area contributed by atoms with E-state index in [-0.39, 0.29) is 12.0 Å². The van der Waals surface area contributed by atoms with Crippen LogP contribution >= 0.6 is 0 Å². The highest BCUT2D eigenvalue weighted by Gasteiger charge is 2.62. The zero-order chi connectivity index (χ0) is 23.4. The van der Waals surface area contributed by atoms with Crippen molar-refractivity contribution in [1.82, 2.24) is 4.90 Å². The van der Waals surface area contributed by atoms with Gasteiger partial charge in [0.1, 0.15) is 0 Å². The minimum atomic E-state index is -0.645. The lowest BCUT2D eigenvalue weighted by Crippen LogP contribution is -2.53.